The quantitative estimate of drug-likeness (QED) is 0.573. The number of rotatable bonds is 4. The fourth-order valence-corrected chi connectivity index (χ4v) is 2.73. The molecule has 9 heteroatoms. The highest BCUT2D eigenvalue weighted by Gasteiger charge is 2.44. The van der Waals surface area contributed by atoms with Gasteiger partial charge in [-0.15, -0.1) is 0 Å². The topological polar surface area (TPSA) is 114 Å². The number of benzene rings is 1. The van der Waals surface area contributed by atoms with Crippen LogP contribution in [0.1, 0.15) is 62.5 Å². The summed E-state index contributed by atoms with van der Waals surface area (Å²) >= 11 is 0. The molecule has 27 heavy (non-hydrogen) atoms. The van der Waals surface area contributed by atoms with E-state index >= 15 is 0 Å². The third-order valence-corrected chi connectivity index (χ3v) is 3.78. The Morgan fingerprint density at radius 1 is 0.667 bits per heavy atom. The zero-order chi connectivity index (χ0) is 20.5. The van der Waals surface area contributed by atoms with Gasteiger partial charge in [0.05, 0.1) is 11.1 Å². The largest absolute Gasteiger partial charge is 0.431 e. The van der Waals surface area contributed by atoms with Gasteiger partial charge in [0, 0.05) is 27.7 Å². The van der Waals surface area contributed by atoms with Crippen molar-refractivity contribution >= 4 is 23.9 Å². The first-order valence-electron chi connectivity index (χ1n) is 8.06. The van der Waals surface area contributed by atoms with Crippen LogP contribution in [0.2, 0.25) is 0 Å². The summed E-state index contributed by atoms with van der Waals surface area (Å²) in [5.74, 6) is -2.39. The normalized spacial score (nSPS) is 17.7. The van der Waals surface area contributed by atoms with Crippen molar-refractivity contribution in [3.63, 3.8) is 0 Å². The number of hydrogen-bond acceptors (Lipinski definition) is 9. The van der Waals surface area contributed by atoms with E-state index in [4.69, 9.17) is 23.7 Å². The molecule has 0 bridgehead atoms. The van der Waals surface area contributed by atoms with Crippen molar-refractivity contribution in [3.05, 3.63) is 22.3 Å². The van der Waals surface area contributed by atoms with E-state index in [1.807, 2.05) is 0 Å². The lowest BCUT2D eigenvalue weighted by molar-refractivity contribution is -0.228. The van der Waals surface area contributed by atoms with Gasteiger partial charge in [0.2, 0.25) is 12.6 Å². The van der Waals surface area contributed by atoms with Crippen LogP contribution in [-0.2, 0) is 33.4 Å². The Labute approximate surface area is 155 Å². The van der Waals surface area contributed by atoms with Crippen LogP contribution in [0.25, 0.3) is 0 Å². The number of esters is 4. The molecule has 0 aromatic heterocycles. The molecule has 0 spiro atoms. The molecule has 1 aliphatic rings. The molecule has 0 aliphatic carbocycles. The van der Waals surface area contributed by atoms with Gasteiger partial charge in [0.25, 0.3) is 0 Å². The molecular formula is C18H20O9. The lowest BCUT2D eigenvalue weighted by Crippen LogP contribution is -2.14. The summed E-state index contributed by atoms with van der Waals surface area (Å²) in [5, 5.41) is 0. The smallest absolute Gasteiger partial charge is 0.308 e. The van der Waals surface area contributed by atoms with Gasteiger partial charge in [-0.2, -0.15) is 0 Å². The molecule has 9 nitrogen and oxygen atoms in total. The maximum Gasteiger partial charge on any atom is 0.308 e. The molecule has 1 heterocycles. The molecule has 0 fully saturated rings. The van der Waals surface area contributed by atoms with Gasteiger partial charge >= 0.3 is 23.9 Å². The molecule has 0 amide bonds. The predicted octanol–water partition coefficient (Wildman–Crippen LogP) is 2.31. The summed E-state index contributed by atoms with van der Waals surface area (Å²) in [4.78, 5) is 46.1. The average Bonchev–Trinajstić information content (AvgIpc) is 2.83. The van der Waals surface area contributed by atoms with Crippen molar-refractivity contribution in [1.29, 1.82) is 0 Å². The minimum atomic E-state index is -1.31. The van der Waals surface area contributed by atoms with Crippen molar-refractivity contribution < 1.29 is 42.9 Å². The van der Waals surface area contributed by atoms with Crippen LogP contribution in [0.5, 0.6) is 11.5 Å². The van der Waals surface area contributed by atoms with Gasteiger partial charge in [-0.25, -0.2) is 0 Å². The predicted molar refractivity (Wildman–Crippen MR) is 88.6 cm³/mol. The van der Waals surface area contributed by atoms with Crippen LogP contribution in [0.4, 0.5) is 0 Å². The molecule has 0 saturated carbocycles. The Hall–Kier alpha value is -2.94. The van der Waals surface area contributed by atoms with E-state index in [0.717, 1.165) is 0 Å². The van der Waals surface area contributed by atoms with Crippen molar-refractivity contribution in [3.8, 4) is 11.5 Å². The average molecular weight is 380 g/mol. The highest BCUT2D eigenvalue weighted by atomic mass is 16.8. The van der Waals surface area contributed by atoms with Crippen molar-refractivity contribution in [2.75, 3.05) is 0 Å². The Balaban J connectivity index is 2.80. The monoisotopic (exact) mass is 380 g/mol. The lowest BCUT2D eigenvalue weighted by Gasteiger charge is -2.20. The van der Waals surface area contributed by atoms with Gasteiger partial charge in [-0.3, -0.25) is 23.9 Å². The highest BCUT2D eigenvalue weighted by Crippen LogP contribution is 2.52. The fraction of sp³-hybridized carbons (Fsp3) is 0.444. The zero-order valence-electron chi connectivity index (χ0n) is 15.8. The molecule has 0 N–H and O–H groups in total. The number of carbonyl (C=O) groups is 4. The number of carbonyl (C=O) groups excluding carboxylic acids is 4. The van der Waals surface area contributed by atoms with Crippen molar-refractivity contribution in [2.24, 2.45) is 0 Å². The first kappa shape index (κ1) is 20.4. The van der Waals surface area contributed by atoms with Gasteiger partial charge in [0.1, 0.15) is 11.5 Å². The first-order valence-corrected chi connectivity index (χ1v) is 8.06. The highest BCUT2D eigenvalue weighted by molar-refractivity contribution is 5.76. The van der Waals surface area contributed by atoms with Crippen molar-refractivity contribution in [1.82, 2.24) is 0 Å². The lowest BCUT2D eigenvalue weighted by atomic mass is 9.97. The molecule has 146 valence electrons. The van der Waals surface area contributed by atoms with E-state index < -0.39 is 36.5 Å². The Morgan fingerprint density at radius 3 is 1.26 bits per heavy atom. The molecule has 0 saturated heterocycles. The van der Waals surface area contributed by atoms with E-state index in [1.54, 1.807) is 13.8 Å². The third-order valence-electron chi connectivity index (χ3n) is 3.78. The van der Waals surface area contributed by atoms with Gasteiger partial charge in [-0.05, 0) is 25.0 Å². The Kier molecular flexibility index (Phi) is 5.85. The van der Waals surface area contributed by atoms with E-state index in [-0.39, 0.29) is 22.6 Å². The molecule has 1 aromatic carbocycles. The summed E-state index contributed by atoms with van der Waals surface area (Å²) in [7, 11) is 0. The van der Waals surface area contributed by atoms with Crippen LogP contribution >= 0.6 is 0 Å². The van der Waals surface area contributed by atoms with E-state index in [1.165, 1.54) is 27.7 Å². The van der Waals surface area contributed by atoms with E-state index in [9.17, 15) is 19.2 Å². The molecule has 0 radical (unpaired) electrons. The minimum Gasteiger partial charge on any atom is -0.431 e. The van der Waals surface area contributed by atoms with Crippen LogP contribution in [0, 0.1) is 13.8 Å². The SMILES string of the molecule is CC(=O)Oc1c(C)c(C)c(OC(C)=O)c2c1C(OC(C)=O)OC2OC(C)=O. The van der Waals surface area contributed by atoms with E-state index in [2.05, 4.69) is 0 Å². The third kappa shape index (κ3) is 4.25. The first-order chi connectivity index (χ1) is 12.5. The summed E-state index contributed by atoms with van der Waals surface area (Å²) in [6.07, 6.45) is -2.63. The zero-order valence-corrected chi connectivity index (χ0v) is 15.8. The summed E-state index contributed by atoms with van der Waals surface area (Å²) in [5.41, 5.74) is 1.24. The minimum absolute atomic E-state index is 0.0896. The molecule has 1 aliphatic heterocycles. The number of ether oxygens (including phenoxy) is 5. The molecule has 2 unspecified atom stereocenters. The van der Waals surface area contributed by atoms with Crippen LogP contribution < -0.4 is 9.47 Å². The maximum atomic E-state index is 11.6. The van der Waals surface area contributed by atoms with Gasteiger partial charge in [0.15, 0.2) is 0 Å². The van der Waals surface area contributed by atoms with Crippen LogP contribution in [0.3, 0.4) is 0 Å². The Morgan fingerprint density at radius 2 is 1.00 bits per heavy atom. The Bertz CT molecular complexity index is 758. The van der Waals surface area contributed by atoms with Crippen LogP contribution in [-0.4, -0.2) is 23.9 Å². The van der Waals surface area contributed by atoms with Crippen LogP contribution in [0.15, 0.2) is 0 Å². The molecular weight excluding hydrogens is 360 g/mol. The second-order valence-electron chi connectivity index (χ2n) is 5.94. The maximum absolute atomic E-state index is 11.6. The van der Waals surface area contributed by atoms with Crippen molar-refractivity contribution in [2.45, 2.75) is 54.1 Å². The number of hydrogen-bond donors (Lipinski definition) is 0. The van der Waals surface area contributed by atoms with E-state index in [0.29, 0.717) is 11.1 Å². The second-order valence-corrected chi connectivity index (χ2v) is 5.94. The summed E-state index contributed by atoms with van der Waals surface area (Å²) in [6, 6.07) is 0. The standard InChI is InChI=1S/C18H20O9/c1-7-8(2)16(24-10(4)20)14-13(15(7)23-9(3)19)17(25-11(5)21)27-18(14)26-12(6)22/h17-18H,1-6H3. The summed E-state index contributed by atoms with van der Waals surface area (Å²) < 4.78 is 26.4. The fourth-order valence-electron chi connectivity index (χ4n) is 2.73. The van der Waals surface area contributed by atoms with Gasteiger partial charge in [-0.1, -0.05) is 0 Å². The molecule has 1 aromatic rings. The molecule has 2 rings (SSSR count). The second kappa shape index (κ2) is 7.75. The van der Waals surface area contributed by atoms with Gasteiger partial charge < -0.3 is 18.9 Å². The summed E-state index contributed by atoms with van der Waals surface area (Å²) in [6.45, 7) is 8.04. The number of fused-ring (bicyclic) bond motifs is 1. The molecule has 2 atom stereocenters.